The molecule has 1 heterocycles. The second-order valence-corrected chi connectivity index (χ2v) is 5.51. The van der Waals surface area contributed by atoms with Gasteiger partial charge in [0, 0.05) is 27.7 Å². The van der Waals surface area contributed by atoms with Crippen LogP contribution in [0.15, 0.2) is 48.7 Å². The molecule has 0 atom stereocenters. The second kappa shape index (κ2) is 5.88. The number of halogens is 2. The van der Waals surface area contributed by atoms with Gasteiger partial charge in [0.15, 0.2) is 0 Å². The van der Waals surface area contributed by atoms with Crippen molar-refractivity contribution < 1.29 is 4.39 Å². The Morgan fingerprint density at radius 1 is 1.10 bits per heavy atom. The Morgan fingerprint density at radius 2 is 1.90 bits per heavy atom. The van der Waals surface area contributed by atoms with Crippen molar-refractivity contribution in [2.75, 3.05) is 6.54 Å². The highest BCUT2D eigenvalue weighted by Gasteiger charge is 2.10. The van der Waals surface area contributed by atoms with E-state index in [2.05, 4.69) is 16.8 Å². The summed E-state index contributed by atoms with van der Waals surface area (Å²) >= 11 is 5.96. The SMILES string of the molecule is NCCc1cn(Cc2cc(Cl)ccc2F)c2ccccc12. The highest BCUT2D eigenvalue weighted by atomic mass is 35.5. The van der Waals surface area contributed by atoms with Crippen LogP contribution >= 0.6 is 11.6 Å². The van der Waals surface area contributed by atoms with Gasteiger partial charge in [-0.3, -0.25) is 0 Å². The molecule has 0 aliphatic carbocycles. The van der Waals surface area contributed by atoms with E-state index in [4.69, 9.17) is 17.3 Å². The molecule has 0 unspecified atom stereocenters. The van der Waals surface area contributed by atoms with Gasteiger partial charge in [0.05, 0.1) is 6.54 Å². The Morgan fingerprint density at radius 3 is 2.71 bits per heavy atom. The zero-order valence-corrected chi connectivity index (χ0v) is 12.3. The predicted octanol–water partition coefficient (Wildman–Crippen LogP) is 3.98. The van der Waals surface area contributed by atoms with Crippen LogP contribution in [0.2, 0.25) is 5.02 Å². The normalized spacial score (nSPS) is 11.2. The average molecular weight is 303 g/mol. The second-order valence-electron chi connectivity index (χ2n) is 5.07. The summed E-state index contributed by atoms with van der Waals surface area (Å²) in [5.74, 6) is -0.238. The fourth-order valence-corrected chi connectivity index (χ4v) is 2.85. The van der Waals surface area contributed by atoms with E-state index in [0.29, 0.717) is 23.7 Å². The lowest BCUT2D eigenvalue weighted by Crippen LogP contribution is -2.03. The Bertz CT molecular complexity index is 780. The van der Waals surface area contributed by atoms with Crippen molar-refractivity contribution in [3.05, 3.63) is 70.6 Å². The van der Waals surface area contributed by atoms with Crippen molar-refractivity contribution in [1.82, 2.24) is 4.57 Å². The van der Waals surface area contributed by atoms with E-state index in [-0.39, 0.29) is 5.82 Å². The van der Waals surface area contributed by atoms with Crippen LogP contribution in [-0.2, 0) is 13.0 Å². The minimum atomic E-state index is -0.238. The highest BCUT2D eigenvalue weighted by Crippen LogP contribution is 2.24. The van der Waals surface area contributed by atoms with Gasteiger partial charge in [-0.25, -0.2) is 4.39 Å². The quantitative estimate of drug-likeness (QED) is 0.776. The Labute approximate surface area is 127 Å². The summed E-state index contributed by atoms with van der Waals surface area (Å²) in [6.45, 7) is 1.05. The molecule has 108 valence electrons. The minimum absolute atomic E-state index is 0.238. The molecule has 0 saturated heterocycles. The third kappa shape index (κ3) is 2.80. The number of fused-ring (bicyclic) bond motifs is 1. The van der Waals surface area contributed by atoms with E-state index < -0.39 is 0 Å². The Kier molecular flexibility index (Phi) is 3.95. The van der Waals surface area contributed by atoms with Gasteiger partial charge in [0.25, 0.3) is 0 Å². The molecule has 0 fully saturated rings. The van der Waals surface area contributed by atoms with Gasteiger partial charge in [-0.2, -0.15) is 0 Å². The topological polar surface area (TPSA) is 30.9 Å². The van der Waals surface area contributed by atoms with Crippen LogP contribution in [0.4, 0.5) is 4.39 Å². The number of nitrogens with two attached hydrogens (primary N) is 1. The summed E-state index contributed by atoms with van der Waals surface area (Å²) in [7, 11) is 0. The van der Waals surface area contributed by atoms with Crippen LogP contribution in [0, 0.1) is 5.82 Å². The highest BCUT2D eigenvalue weighted by molar-refractivity contribution is 6.30. The molecule has 0 aliphatic rings. The standard InChI is InChI=1S/C17H16ClFN2/c18-14-5-6-16(19)13(9-14)11-21-10-12(7-8-20)15-3-1-2-4-17(15)21/h1-6,9-10H,7-8,11,20H2. The first kappa shape index (κ1) is 14.1. The van der Waals surface area contributed by atoms with E-state index in [1.165, 1.54) is 17.0 Å². The van der Waals surface area contributed by atoms with Crippen molar-refractivity contribution in [2.45, 2.75) is 13.0 Å². The summed E-state index contributed by atoms with van der Waals surface area (Å²) in [4.78, 5) is 0. The largest absolute Gasteiger partial charge is 0.343 e. The number of hydrogen-bond donors (Lipinski definition) is 1. The first-order chi connectivity index (χ1) is 10.2. The predicted molar refractivity (Wildman–Crippen MR) is 85.2 cm³/mol. The zero-order valence-electron chi connectivity index (χ0n) is 11.5. The van der Waals surface area contributed by atoms with Crippen molar-refractivity contribution in [2.24, 2.45) is 5.73 Å². The third-order valence-corrected chi connectivity index (χ3v) is 3.87. The molecule has 21 heavy (non-hydrogen) atoms. The lowest BCUT2D eigenvalue weighted by Gasteiger charge is -2.07. The van der Waals surface area contributed by atoms with Gasteiger partial charge in [-0.05, 0) is 42.8 Å². The fourth-order valence-electron chi connectivity index (χ4n) is 2.66. The molecule has 4 heteroatoms. The van der Waals surface area contributed by atoms with Gasteiger partial charge in [-0.1, -0.05) is 29.8 Å². The van der Waals surface area contributed by atoms with Crippen LogP contribution in [-0.4, -0.2) is 11.1 Å². The minimum Gasteiger partial charge on any atom is -0.343 e. The zero-order chi connectivity index (χ0) is 14.8. The molecule has 0 amide bonds. The van der Waals surface area contributed by atoms with E-state index in [9.17, 15) is 4.39 Å². The fraction of sp³-hybridized carbons (Fsp3) is 0.176. The molecule has 2 N–H and O–H groups in total. The van der Waals surface area contributed by atoms with E-state index in [1.807, 2.05) is 18.2 Å². The molecule has 2 nitrogen and oxygen atoms in total. The van der Waals surface area contributed by atoms with Crippen LogP contribution in [0.1, 0.15) is 11.1 Å². The third-order valence-electron chi connectivity index (χ3n) is 3.63. The molecule has 3 aromatic rings. The number of benzene rings is 2. The van der Waals surface area contributed by atoms with E-state index in [1.54, 1.807) is 12.1 Å². The monoisotopic (exact) mass is 302 g/mol. The molecular weight excluding hydrogens is 287 g/mol. The molecule has 0 aliphatic heterocycles. The van der Waals surface area contributed by atoms with Gasteiger partial charge < -0.3 is 10.3 Å². The van der Waals surface area contributed by atoms with E-state index in [0.717, 1.165) is 11.9 Å². The van der Waals surface area contributed by atoms with Gasteiger partial charge in [0.2, 0.25) is 0 Å². The van der Waals surface area contributed by atoms with Gasteiger partial charge in [0.1, 0.15) is 5.82 Å². The maximum atomic E-state index is 13.9. The number of hydrogen-bond acceptors (Lipinski definition) is 1. The lowest BCUT2D eigenvalue weighted by molar-refractivity contribution is 0.602. The Hall–Kier alpha value is -1.84. The molecule has 0 saturated carbocycles. The van der Waals surface area contributed by atoms with Crippen LogP contribution in [0.3, 0.4) is 0 Å². The first-order valence-corrected chi connectivity index (χ1v) is 7.27. The summed E-state index contributed by atoms with van der Waals surface area (Å²) in [6, 6.07) is 12.8. The average Bonchev–Trinajstić information content (AvgIpc) is 2.82. The summed E-state index contributed by atoms with van der Waals surface area (Å²) < 4.78 is 16.0. The van der Waals surface area contributed by atoms with Crippen LogP contribution < -0.4 is 5.73 Å². The molecule has 0 spiro atoms. The van der Waals surface area contributed by atoms with Crippen molar-refractivity contribution in [1.29, 1.82) is 0 Å². The molecule has 3 rings (SSSR count). The Balaban J connectivity index is 2.06. The summed E-state index contributed by atoms with van der Waals surface area (Å²) in [6.07, 6.45) is 2.86. The molecule has 0 radical (unpaired) electrons. The van der Waals surface area contributed by atoms with Crippen molar-refractivity contribution in [3.63, 3.8) is 0 Å². The first-order valence-electron chi connectivity index (χ1n) is 6.90. The maximum absolute atomic E-state index is 13.9. The number of rotatable bonds is 4. The molecule has 2 aromatic carbocycles. The van der Waals surface area contributed by atoms with E-state index >= 15 is 0 Å². The van der Waals surface area contributed by atoms with Gasteiger partial charge >= 0.3 is 0 Å². The number of para-hydroxylation sites is 1. The lowest BCUT2D eigenvalue weighted by atomic mass is 10.1. The smallest absolute Gasteiger partial charge is 0.128 e. The molecular formula is C17H16ClFN2. The van der Waals surface area contributed by atoms with Gasteiger partial charge in [-0.15, -0.1) is 0 Å². The summed E-state index contributed by atoms with van der Waals surface area (Å²) in [5.41, 5.74) is 8.53. The molecule has 0 bridgehead atoms. The number of nitrogens with zero attached hydrogens (tertiary/aromatic N) is 1. The van der Waals surface area contributed by atoms with Crippen molar-refractivity contribution >= 4 is 22.5 Å². The molecule has 1 aromatic heterocycles. The van der Waals surface area contributed by atoms with Crippen molar-refractivity contribution in [3.8, 4) is 0 Å². The van der Waals surface area contributed by atoms with Crippen LogP contribution in [0.5, 0.6) is 0 Å². The number of aromatic nitrogens is 1. The van der Waals surface area contributed by atoms with Crippen LogP contribution in [0.25, 0.3) is 10.9 Å². The maximum Gasteiger partial charge on any atom is 0.128 e. The summed E-state index contributed by atoms with van der Waals surface area (Å²) in [5, 5.41) is 1.72.